The van der Waals surface area contributed by atoms with Gasteiger partial charge in [-0.15, -0.1) is 5.10 Å². The lowest BCUT2D eigenvalue weighted by atomic mass is 10.2. The molecule has 132 valence electrons. The first kappa shape index (κ1) is 16.0. The molecule has 9 heteroatoms. The van der Waals surface area contributed by atoms with Crippen LogP contribution in [-0.4, -0.2) is 32.1 Å². The van der Waals surface area contributed by atoms with Crippen LogP contribution in [0.15, 0.2) is 47.1 Å². The normalized spacial score (nSPS) is 13.4. The number of hydrogen-bond acceptors (Lipinski definition) is 7. The molecule has 1 aromatic carbocycles. The van der Waals surface area contributed by atoms with Gasteiger partial charge in [-0.05, 0) is 59.7 Å². The molecule has 2 heterocycles. The average molecular weight is 353 g/mol. The molecule has 1 amide bonds. The molecule has 3 aromatic rings. The zero-order valence-electron chi connectivity index (χ0n) is 13.7. The van der Waals surface area contributed by atoms with E-state index in [0.717, 1.165) is 12.8 Å². The summed E-state index contributed by atoms with van der Waals surface area (Å²) in [6.07, 6.45) is 3.50. The van der Waals surface area contributed by atoms with Crippen molar-refractivity contribution in [2.75, 3.05) is 5.32 Å². The van der Waals surface area contributed by atoms with Gasteiger partial charge in [0.2, 0.25) is 0 Å². The van der Waals surface area contributed by atoms with E-state index < -0.39 is 5.97 Å². The second-order valence-electron chi connectivity index (χ2n) is 5.86. The number of amides is 1. The minimum absolute atomic E-state index is 0.0132. The molecule has 1 aliphatic rings. The lowest BCUT2D eigenvalue weighted by Crippen LogP contribution is -2.12. The van der Waals surface area contributed by atoms with Gasteiger partial charge in [0.05, 0.1) is 17.9 Å². The minimum Gasteiger partial charge on any atom is -0.459 e. The first-order chi connectivity index (χ1) is 12.7. The van der Waals surface area contributed by atoms with E-state index in [2.05, 4.69) is 20.8 Å². The molecular formula is C17H15N5O4. The zero-order chi connectivity index (χ0) is 17.9. The molecule has 0 bridgehead atoms. The summed E-state index contributed by atoms with van der Waals surface area (Å²) in [6.45, 7) is 0.0132. The number of carbonyl (C=O) groups excluding carboxylic acids is 2. The first-order valence-corrected chi connectivity index (χ1v) is 8.09. The van der Waals surface area contributed by atoms with Gasteiger partial charge in [0.1, 0.15) is 0 Å². The molecule has 0 unspecified atom stereocenters. The number of carbonyl (C=O) groups is 2. The Morgan fingerprint density at radius 1 is 1.23 bits per heavy atom. The topological polar surface area (TPSA) is 112 Å². The monoisotopic (exact) mass is 353 g/mol. The molecule has 0 saturated heterocycles. The maximum atomic E-state index is 12.2. The fourth-order valence-corrected chi connectivity index (χ4v) is 2.41. The highest BCUT2D eigenvalue weighted by Crippen LogP contribution is 2.34. The molecule has 1 aliphatic carbocycles. The van der Waals surface area contributed by atoms with E-state index in [9.17, 15) is 9.59 Å². The summed E-state index contributed by atoms with van der Waals surface area (Å²) in [5.74, 6) is -0.110. The molecule has 1 saturated carbocycles. The Balaban J connectivity index is 1.34. The number of nitrogens with zero attached hydrogens (tertiary/aromatic N) is 4. The van der Waals surface area contributed by atoms with Gasteiger partial charge in [-0.3, -0.25) is 4.79 Å². The van der Waals surface area contributed by atoms with Crippen LogP contribution in [0.5, 0.6) is 0 Å². The third-order valence-corrected chi connectivity index (χ3v) is 3.91. The fraction of sp³-hybridized carbons (Fsp3) is 0.235. The zero-order valence-corrected chi connectivity index (χ0v) is 13.7. The summed E-state index contributed by atoms with van der Waals surface area (Å²) in [7, 11) is 0. The molecule has 0 aliphatic heterocycles. The number of esters is 1. The van der Waals surface area contributed by atoms with Gasteiger partial charge < -0.3 is 14.5 Å². The summed E-state index contributed by atoms with van der Waals surface area (Å²) in [5, 5.41) is 14.1. The lowest BCUT2D eigenvalue weighted by molar-refractivity contribution is 0.0456. The Labute approximate surface area is 147 Å². The highest BCUT2D eigenvalue weighted by molar-refractivity contribution is 6.02. The van der Waals surface area contributed by atoms with Crippen LogP contribution in [0.2, 0.25) is 0 Å². The number of rotatable bonds is 6. The maximum Gasteiger partial charge on any atom is 0.338 e. The Bertz CT molecular complexity index is 913. The van der Waals surface area contributed by atoms with Gasteiger partial charge in [0.25, 0.3) is 5.91 Å². The predicted molar refractivity (Wildman–Crippen MR) is 88.3 cm³/mol. The quantitative estimate of drug-likeness (QED) is 0.676. The summed E-state index contributed by atoms with van der Waals surface area (Å²) < 4.78 is 12.0. The summed E-state index contributed by atoms with van der Waals surface area (Å²) >= 11 is 0. The molecule has 2 aromatic heterocycles. The number of ether oxygens (including phenoxy) is 1. The Hall–Kier alpha value is -3.49. The molecule has 0 radical (unpaired) electrons. The van der Waals surface area contributed by atoms with Crippen LogP contribution in [-0.2, 0) is 11.3 Å². The predicted octanol–water partition coefficient (Wildman–Crippen LogP) is 2.21. The molecule has 0 atom stereocenters. The van der Waals surface area contributed by atoms with Gasteiger partial charge in [0.15, 0.2) is 18.2 Å². The summed E-state index contributed by atoms with van der Waals surface area (Å²) in [4.78, 5) is 24.1. The number of furan rings is 1. The highest BCUT2D eigenvalue weighted by atomic mass is 16.5. The van der Waals surface area contributed by atoms with E-state index in [0.29, 0.717) is 23.1 Å². The summed E-state index contributed by atoms with van der Waals surface area (Å²) in [5.41, 5.74) is 0.909. The number of aromatic nitrogens is 4. The minimum atomic E-state index is -0.487. The van der Waals surface area contributed by atoms with Crippen LogP contribution in [0.25, 0.3) is 0 Å². The van der Waals surface area contributed by atoms with Crippen molar-refractivity contribution in [1.82, 2.24) is 20.2 Å². The van der Waals surface area contributed by atoms with Crippen LogP contribution in [0.4, 0.5) is 5.69 Å². The van der Waals surface area contributed by atoms with Crippen molar-refractivity contribution in [3.05, 3.63) is 59.8 Å². The van der Waals surface area contributed by atoms with Crippen molar-refractivity contribution in [1.29, 1.82) is 0 Å². The Morgan fingerprint density at radius 2 is 2.04 bits per heavy atom. The molecule has 9 nitrogen and oxygen atoms in total. The number of anilines is 1. The maximum absolute atomic E-state index is 12.2. The second kappa shape index (κ2) is 6.79. The lowest BCUT2D eigenvalue weighted by Gasteiger charge is -2.07. The van der Waals surface area contributed by atoms with Crippen LogP contribution in [0.1, 0.15) is 45.6 Å². The third kappa shape index (κ3) is 3.46. The van der Waals surface area contributed by atoms with E-state index in [1.165, 1.54) is 6.26 Å². The van der Waals surface area contributed by atoms with Crippen molar-refractivity contribution in [2.45, 2.75) is 25.5 Å². The van der Waals surface area contributed by atoms with E-state index in [1.807, 2.05) is 0 Å². The SMILES string of the molecule is O=C(OCc1nnnn1C1CC1)c1ccc(NC(=O)c2ccco2)cc1. The van der Waals surface area contributed by atoms with Crippen LogP contribution in [0, 0.1) is 0 Å². The third-order valence-electron chi connectivity index (χ3n) is 3.91. The largest absolute Gasteiger partial charge is 0.459 e. The van der Waals surface area contributed by atoms with Crippen LogP contribution >= 0.6 is 0 Å². The van der Waals surface area contributed by atoms with E-state index in [1.54, 1.807) is 41.1 Å². The molecule has 4 rings (SSSR count). The van der Waals surface area contributed by atoms with Crippen molar-refractivity contribution >= 4 is 17.6 Å². The smallest absolute Gasteiger partial charge is 0.338 e. The molecule has 1 N–H and O–H groups in total. The standard InChI is InChI=1S/C17H15N5O4/c23-16(14-2-1-9-25-14)18-12-5-3-11(4-6-12)17(24)26-10-15-19-20-21-22(15)13-7-8-13/h1-6,9,13H,7-8,10H2,(H,18,23). The van der Waals surface area contributed by atoms with Crippen LogP contribution < -0.4 is 5.32 Å². The fourth-order valence-electron chi connectivity index (χ4n) is 2.41. The Morgan fingerprint density at radius 3 is 2.73 bits per heavy atom. The van der Waals surface area contributed by atoms with E-state index >= 15 is 0 Å². The molecule has 0 spiro atoms. The molecule has 1 fully saturated rings. The van der Waals surface area contributed by atoms with Gasteiger partial charge in [0, 0.05) is 5.69 Å². The van der Waals surface area contributed by atoms with Crippen molar-refractivity contribution in [2.24, 2.45) is 0 Å². The Kier molecular flexibility index (Phi) is 4.18. The average Bonchev–Trinajstić information content (AvgIpc) is 3.16. The van der Waals surface area contributed by atoms with E-state index in [-0.39, 0.29) is 18.3 Å². The van der Waals surface area contributed by atoms with Crippen LogP contribution in [0.3, 0.4) is 0 Å². The van der Waals surface area contributed by atoms with Gasteiger partial charge in [-0.2, -0.15) is 0 Å². The molecular weight excluding hydrogens is 338 g/mol. The molecule has 26 heavy (non-hydrogen) atoms. The van der Waals surface area contributed by atoms with Gasteiger partial charge >= 0.3 is 5.97 Å². The van der Waals surface area contributed by atoms with Crippen molar-refractivity contribution in [3.63, 3.8) is 0 Å². The number of nitrogens with one attached hydrogen (secondary N) is 1. The highest BCUT2D eigenvalue weighted by Gasteiger charge is 2.28. The van der Waals surface area contributed by atoms with E-state index in [4.69, 9.17) is 9.15 Å². The van der Waals surface area contributed by atoms with Crippen molar-refractivity contribution < 1.29 is 18.7 Å². The summed E-state index contributed by atoms with van der Waals surface area (Å²) in [6, 6.07) is 9.89. The number of benzene rings is 1. The number of tetrazole rings is 1. The first-order valence-electron chi connectivity index (χ1n) is 8.09. The van der Waals surface area contributed by atoms with Gasteiger partial charge in [-0.25, -0.2) is 9.48 Å². The van der Waals surface area contributed by atoms with Gasteiger partial charge in [-0.1, -0.05) is 0 Å². The second-order valence-corrected chi connectivity index (χ2v) is 5.86. The van der Waals surface area contributed by atoms with Crippen molar-refractivity contribution in [3.8, 4) is 0 Å². The number of hydrogen-bond donors (Lipinski definition) is 1.